The van der Waals surface area contributed by atoms with Crippen LogP contribution in [0.5, 0.6) is 0 Å². The van der Waals surface area contributed by atoms with Gasteiger partial charge in [-0.15, -0.1) is 0 Å². The lowest BCUT2D eigenvalue weighted by molar-refractivity contribution is -0.140. The van der Waals surface area contributed by atoms with E-state index in [1.165, 1.54) is 0 Å². The molecule has 0 spiro atoms. The van der Waals surface area contributed by atoms with Crippen molar-refractivity contribution >= 4 is 12.0 Å². The molecule has 2 saturated heterocycles. The second-order valence-electron chi connectivity index (χ2n) is 7.53. The molecule has 7 heteroatoms. The number of piperazine rings is 1. The topological polar surface area (TPSA) is 49.9 Å². The van der Waals surface area contributed by atoms with Crippen LogP contribution in [0.2, 0.25) is 0 Å². The van der Waals surface area contributed by atoms with Gasteiger partial charge in [0.25, 0.3) is 5.92 Å². The third-order valence-electron chi connectivity index (χ3n) is 4.51. The summed E-state index contributed by atoms with van der Waals surface area (Å²) in [7, 11) is 0. The quantitative estimate of drug-likeness (QED) is 0.745. The van der Waals surface area contributed by atoms with Crippen molar-refractivity contribution in [1.82, 2.24) is 9.80 Å². The molecular formula is C15H22F2N2O3. The molecule has 3 aliphatic rings. The zero-order valence-corrected chi connectivity index (χ0v) is 13.1. The fourth-order valence-electron chi connectivity index (χ4n) is 3.40. The molecule has 3 unspecified atom stereocenters. The van der Waals surface area contributed by atoms with E-state index in [9.17, 15) is 18.4 Å². The first-order valence-electron chi connectivity index (χ1n) is 7.76. The van der Waals surface area contributed by atoms with Crippen molar-refractivity contribution in [3.8, 4) is 0 Å². The molecule has 2 amide bonds. The number of halogens is 2. The lowest BCUT2D eigenvalue weighted by atomic mass is 10.1. The minimum Gasteiger partial charge on any atom is -0.444 e. The van der Waals surface area contributed by atoms with E-state index in [1.807, 2.05) is 0 Å². The second kappa shape index (κ2) is 4.80. The third kappa shape index (κ3) is 2.77. The molecule has 3 fully saturated rings. The van der Waals surface area contributed by atoms with E-state index in [0.29, 0.717) is 13.1 Å². The first kappa shape index (κ1) is 15.5. The first-order valence-corrected chi connectivity index (χ1v) is 7.76. The minimum atomic E-state index is -2.83. The SMILES string of the molecule is CC(C)(C)OC(=O)N1CC2CCC(C1)N2C(=O)C1CC1(F)F. The molecule has 3 atom stereocenters. The average molecular weight is 316 g/mol. The lowest BCUT2D eigenvalue weighted by Crippen LogP contribution is -2.58. The Morgan fingerprint density at radius 2 is 1.64 bits per heavy atom. The molecule has 3 rings (SSSR count). The fourth-order valence-corrected chi connectivity index (χ4v) is 3.40. The highest BCUT2D eigenvalue weighted by Gasteiger charge is 2.64. The summed E-state index contributed by atoms with van der Waals surface area (Å²) < 4.78 is 31.6. The van der Waals surface area contributed by atoms with Crippen molar-refractivity contribution < 1.29 is 23.1 Å². The standard InChI is InChI=1S/C15H22F2N2O3/c1-14(2,3)22-13(21)18-7-9-4-5-10(8-18)19(9)12(20)11-6-15(11,16)17/h9-11H,4-8H2,1-3H3. The summed E-state index contributed by atoms with van der Waals surface area (Å²) in [4.78, 5) is 27.6. The Bertz CT molecular complexity index is 490. The number of ether oxygens (including phenoxy) is 1. The summed E-state index contributed by atoms with van der Waals surface area (Å²) in [6.07, 6.45) is 0.785. The molecule has 0 N–H and O–H groups in total. The number of alkyl halides is 2. The van der Waals surface area contributed by atoms with E-state index in [2.05, 4.69) is 0 Å². The van der Waals surface area contributed by atoms with Gasteiger partial charge in [0.1, 0.15) is 11.5 Å². The van der Waals surface area contributed by atoms with Crippen LogP contribution in [0, 0.1) is 5.92 Å². The number of rotatable bonds is 1. The second-order valence-corrected chi connectivity index (χ2v) is 7.53. The highest BCUT2D eigenvalue weighted by atomic mass is 19.3. The largest absolute Gasteiger partial charge is 0.444 e. The molecule has 1 saturated carbocycles. The van der Waals surface area contributed by atoms with E-state index >= 15 is 0 Å². The Hall–Kier alpha value is -1.40. The molecule has 1 aliphatic carbocycles. The summed E-state index contributed by atoms with van der Waals surface area (Å²) in [5.41, 5.74) is -0.570. The Kier molecular flexibility index (Phi) is 3.38. The summed E-state index contributed by atoms with van der Waals surface area (Å²) in [6.45, 7) is 6.14. The molecule has 0 aromatic rings. The highest BCUT2D eigenvalue weighted by molar-refractivity contribution is 5.84. The van der Waals surface area contributed by atoms with Crippen LogP contribution in [-0.4, -0.2) is 58.5 Å². The Labute approximate surface area is 128 Å². The van der Waals surface area contributed by atoms with Gasteiger partial charge in [-0.3, -0.25) is 4.79 Å². The van der Waals surface area contributed by atoms with Gasteiger partial charge in [0, 0.05) is 31.6 Å². The number of fused-ring (bicyclic) bond motifs is 2. The zero-order chi connectivity index (χ0) is 16.3. The normalized spacial score (nSPS) is 32.9. The van der Waals surface area contributed by atoms with Gasteiger partial charge in [-0.2, -0.15) is 0 Å². The van der Waals surface area contributed by atoms with E-state index in [4.69, 9.17) is 4.74 Å². The van der Waals surface area contributed by atoms with Gasteiger partial charge in [0.2, 0.25) is 5.91 Å². The molecule has 2 bridgehead atoms. The van der Waals surface area contributed by atoms with Gasteiger partial charge in [-0.05, 0) is 33.6 Å². The molecule has 5 nitrogen and oxygen atoms in total. The van der Waals surface area contributed by atoms with Gasteiger partial charge >= 0.3 is 6.09 Å². The van der Waals surface area contributed by atoms with E-state index in [1.54, 1.807) is 30.6 Å². The molecule has 22 heavy (non-hydrogen) atoms. The predicted octanol–water partition coefficient (Wildman–Crippen LogP) is 2.25. The number of amides is 2. The van der Waals surface area contributed by atoms with Crippen molar-refractivity contribution in [2.45, 2.75) is 63.6 Å². The van der Waals surface area contributed by atoms with Crippen LogP contribution in [0.15, 0.2) is 0 Å². The Morgan fingerprint density at radius 3 is 2.05 bits per heavy atom. The van der Waals surface area contributed by atoms with Gasteiger partial charge < -0.3 is 14.5 Å². The zero-order valence-electron chi connectivity index (χ0n) is 13.1. The van der Waals surface area contributed by atoms with Gasteiger partial charge in [-0.1, -0.05) is 0 Å². The summed E-state index contributed by atoms with van der Waals surface area (Å²) in [6, 6.07) is -0.315. The van der Waals surface area contributed by atoms with E-state index < -0.39 is 29.4 Å². The van der Waals surface area contributed by atoms with Gasteiger partial charge in [0.05, 0.1) is 0 Å². The number of hydrogen-bond donors (Lipinski definition) is 0. The number of nitrogens with zero attached hydrogens (tertiary/aromatic N) is 2. The van der Waals surface area contributed by atoms with Crippen LogP contribution < -0.4 is 0 Å². The Balaban J connectivity index is 1.65. The maximum absolute atomic E-state index is 13.1. The fraction of sp³-hybridized carbons (Fsp3) is 0.867. The number of carbonyl (C=O) groups is 2. The minimum absolute atomic E-state index is 0.157. The number of carbonyl (C=O) groups excluding carboxylic acids is 2. The molecule has 0 aromatic heterocycles. The molecule has 2 heterocycles. The maximum atomic E-state index is 13.1. The van der Waals surface area contributed by atoms with Crippen LogP contribution in [0.25, 0.3) is 0 Å². The third-order valence-corrected chi connectivity index (χ3v) is 4.51. The number of hydrogen-bond acceptors (Lipinski definition) is 3. The molecular weight excluding hydrogens is 294 g/mol. The van der Waals surface area contributed by atoms with E-state index in [0.717, 1.165) is 12.8 Å². The number of likely N-dealkylation sites (tertiary alicyclic amines) is 1. The first-order chi connectivity index (χ1) is 10.1. The van der Waals surface area contributed by atoms with Crippen LogP contribution in [0.1, 0.15) is 40.0 Å². The smallest absolute Gasteiger partial charge is 0.410 e. The van der Waals surface area contributed by atoms with Crippen LogP contribution >= 0.6 is 0 Å². The Morgan fingerprint density at radius 1 is 1.14 bits per heavy atom. The summed E-state index contributed by atoms with van der Waals surface area (Å²) >= 11 is 0. The van der Waals surface area contributed by atoms with Crippen molar-refractivity contribution in [3.05, 3.63) is 0 Å². The highest BCUT2D eigenvalue weighted by Crippen LogP contribution is 2.51. The van der Waals surface area contributed by atoms with Gasteiger partial charge in [0.15, 0.2) is 0 Å². The summed E-state index contributed by atoms with van der Waals surface area (Å²) in [5, 5.41) is 0. The molecule has 124 valence electrons. The van der Waals surface area contributed by atoms with Crippen molar-refractivity contribution in [2.75, 3.05) is 13.1 Å². The average Bonchev–Trinajstić information content (AvgIpc) is 2.93. The van der Waals surface area contributed by atoms with Crippen LogP contribution in [-0.2, 0) is 9.53 Å². The van der Waals surface area contributed by atoms with Crippen molar-refractivity contribution in [2.24, 2.45) is 5.92 Å². The maximum Gasteiger partial charge on any atom is 0.410 e. The van der Waals surface area contributed by atoms with Crippen molar-refractivity contribution in [3.63, 3.8) is 0 Å². The predicted molar refractivity (Wildman–Crippen MR) is 74.5 cm³/mol. The van der Waals surface area contributed by atoms with Crippen LogP contribution in [0.4, 0.5) is 13.6 Å². The van der Waals surface area contributed by atoms with E-state index in [-0.39, 0.29) is 18.5 Å². The van der Waals surface area contributed by atoms with Crippen LogP contribution in [0.3, 0.4) is 0 Å². The lowest BCUT2D eigenvalue weighted by Gasteiger charge is -2.41. The molecule has 0 aromatic carbocycles. The monoisotopic (exact) mass is 316 g/mol. The summed E-state index contributed by atoms with van der Waals surface area (Å²) in [5.74, 6) is -4.43. The van der Waals surface area contributed by atoms with Gasteiger partial charge in [-0.25, -0.2) is 13.6 Å². The molecule has 0 radical (unpaired) electrons. The van der Waals surface area contributed by atoms with Crippen molar-refractivity contribution in [1.29, 1.82) is 0 Å². The molecule has 2 aliphatic heterocycles.